The molecular formula is C25H32N6O8. The summed E-state index contributed by atoms with van der Waals surface area (Å²) in [6.45, 7) is 0.196. The molecule has 14 heteroatoms. The Labute approximate surface area is 223 Å². The summed E-state index contributed by atoms with van der Waals surface area (Å²) >= 11 is 0. The van der Waals surface area contributed by atoms with Crippen molar-refractivity contribution in [3.8, 4) is 0 Å². The number of carbonyl (C=O) groups is 6. The van der Waals surface area contributed by atoms with E-state index in [1.807, 2.05) is 18.2 Å². The summed E-state index contributed by atoms with van der Waals surface area (Å²) in [5.74, 6) is -5.55. The molecule has 1 saturated heterocycles. The number of fused-ring (bicyclic) bond motifs is 1. The Morgan fingerprint density at radius 1 is 1.08 bits per heavy atom. The fourth-order valence-corrected chi connectivity index (χ4v) is 4.62. The van der Waals surface area contributed by atoms with Crippen LogP contribution in [0.25, 0.3) is 10.9 Å². The number of hydrogen-bond donors (Lipinski definition) is 7. The highest BCUT2D eigenvalue weighted by atomic mass is 16.4. The Kier molecular flexibility index (Phi) is 9.60. The maximum Gasteiger partial charge on any atom is 0.326 e. The average molecular weight is 545 g/mol. The van der Waals surface area contributed by atoms with Crippen LogP contribution in [0.3, 0.4) is 0 Å². The first-order chi connectivity index (χ1) is 18.5. The van der Waals surface area contributed by atoms with Gasteiger partial charge in [-0.25, -0.2) is 4.79 Å². The second-order valence-electron chi connectivity index (χ2n) is 9.42. The van der Waals surface area contributed by atoms with Crippen LogP contribution in [0.15, 0.2) is 30.5 Å². The van der Waals surface area contributed by atoms with E-state index in [0.29, 0.717) is 12.0 Å². The van der Waals surface area contributed by atoms with Gasteiger partial charge in [-0.3, -0.25) is 24.0 Å². The van der Waals surface area contributed by atoms with Gasteiger partial charge in [-0.2, -0.15) is 0 Å². The lowest BCUT2D eigenvalue weighted by Gasteiger charge is -2.28. The molecule has 2 heterocycles. The van der Waals surface area contributed by atoms with Crippen molar-refractivity contribution in [2.24, 2.45) is 11.5 Å². The lowest BCUT2D eigenvalue weighted by atomic mass is 10.0. The molecule has 0 saturated carbocycles. The molecule has 4 atom stereocenters. The van der Waals surface area contributed by atoms with Crippen molar-refractivity contribution in [3.05, 3.63) is 36.0 Å². The molecule has 0 spiro atoms. The number of hydrogen-bond acceptors (Lipinski definition) is 7. The topological polar surface area (TPSA) is 238 Å². The molecule has 2 aromatic rings. The van der Waals surface area contributed by atoms with Crippen molar-refractivity contribution >= 4 is 46.5 Å². The number of benzene rings is 1. The minimum Gasteiger partial charge on any atom is -0.481 e. The van der Waals surface area contributed by atoms with Crippen molar-refractivity contribution < 1.29 is 39.0 Å². The van der Waals surface area contributed by atoms with E-state index in [0.717, 1.165) is 10.9 Å². The Bertz CT molecular complexity index is 1260. The highest BCUT2D eigenvalue weighted by Crippen LogP contribution is 2.21. The SMILES string of the molecule is NC(=O)CC(N)C(=O)N1CCCC1C(=O)NC(CCC(=O)O)C(=O)NC(Cc1c[nH]c2ccccc12)C(=O)O. The minimum absolute atomic E-state index is 0.0622. The number of para-hydroxylation sites is 1. The van der Waals surface area contributed by atoms with Gasteiger partial charge in [-0.05, 0) is 30.9 Å². The summed E-state index contributed by atoms with van der Waals surface area (Å²) in [5.41, 5.74) is 12.3. The van der Waals surface area contributed by atoms with Crippen LogP contribution >= 0.6 is 0 Å². The van der Waals surface area contributed by atoms with Crippen molar-refractivity contribution in [1.82, 2.24) is 20.5 Å². The van der Waals surface area contributed by atoms with E-state index >= 15 is 0 Å². The number of carboxylic acids is 2. The number of aliphatic carboxylic acids is 2. The second-order valence-corrected chi connectivity index (χ2v) is 9.42. The van der Waals surface area contributed by atoms with Gasteiger partial charge in [0.05, 0.1) is 12.5 Å². The van der Waals surface area contributed by atoms with Gasteiger partial charge in [0, 0.05) is 36.5 Å². The molecule has 4 amide bonds. The molecule has 0 aliphatic carbocycles. The Hall–Kier alpha value is -4.46. The molecule has 1 aliphatic rings. The number of nitrogens with zero attached hydrogens (tertiary/aromatic N) is 1. The zero-order valence-electron chi connectivity index (χ0n) is 21.1. The summed E-state index contributed by atoms with van der Waals surface area (Å²) in [4.78, 5) is 77.5. The number of likely N-dealkylation sites (tertiary alicyclic amines) is 1. The molecule has 3 rings (SSSR count). The van der Waals surface area contributed by atoms with E-state index < -0.39 is 72.6 Å². The fourth-order valence-electron chi connectivity index (χ4n) is 4.62. The molecule has 1 aromatic heterocycles. The Balaban J connectivity index is 1.73. The number of rotatable bonds is 13. The van der Waals surface area contributed by atoms with Crippen LogP contribution in [0, 0.1) is 0 Å². The number of primary amides is 1. The predicted molar refractivity (Wildman–Crippen MR) is 137 cm³/mol. The molecular weight excluding hydrogens is 512 g/mol. The number of carboxylic acid groups (broad SMARTS) is 2. The van der Waals surface area contributed by atoms with Crippen molar-refractivity contribution in [1.29, 1.82) is 0 Å². The first-order valence-corrected chi connectivity index (χ1v) is 12.4. The first kappa shape index (κ1) is 29.1. The van der Waals surface area contributed by atoms with E-state index in [1.165, 1.54) is 4.90 Å². The van der Waals surface area contributed by atoms with Gasteiger partial charge >= 0.3 is 11.9 Å². The number of aromatic amines is 1. The molecule has 39 heavy (non-hydrogen) atoms. The number of H-pyrrole nitrogens is 1. The summed E-state index contributed by atoms with van der Waals surface area (Å²) in [6, 6.07) is 2.26. The number of nitrogens with two attached hydrogens (primary N) is 2. The molecule has 1 fully saturated rings. The molecule has 0 bridgehead atoms. The van der Waals surface area contributed by atoms with Crippen LogP contribution in [0.4, 0.5) is 0 Å². The smallest absolute Gasteiger partial charge is 0.326 e. The van der Waals surface area contributed by atoms with Gasteiger partial charge in [0.2, 0.25) is 23.6 Å². The Morgan fingerprint density at radius 3 is 2.46 bits per heavy atom. The molecule has 14 nitrogen and oxygen atoms in total. The normalized spacial score (nSPS) is 17.3. The van der Waals surface area contributed by atoms with E-state index in [1.54, 1.807) is 12.3 Å². The summed E-state index contributed by atoms with van der Waals surface area (Å²) in [6.07, 6.45) is 1.11. The van der Waals surface area contributed by atoms with E-state index in [4.69, 9.17) is 16.6 Å². The average Bonchev–Trinajstić information content (AvgIpc) is 3.52. The second kappa shape index (κ2) is 12.9. The van der Waals surface area contributed by atoms with Crippen molar-refractivity contribution in [2.45, 2.75) is 62.7 Å². The van der Waals surface area contributed by atoms with Gasteiger partial charge in [-0.1, -0.05) is 18.2 Å². The van der Waals surface area contributed by atoms with Crippen LogP contribution in [-0.2, 0) is 35.2 Å². The number of aromatic nitrogens is 1. The zero-order valence-corrected chi connectivity index (χ0v) is 21.1. The number of amides is 4. The third-order valence-electron chi connectivity index (χ3n) is 6.57. The van der Waals surface area contributed by atoms with Crippen LogP contribution in [-0.4, -0.2) is 86.4 Å². The summed E-state index contributed by atoms with van der Waals surface area (Å²) in [7, 11) is 0. The van der Waals surface area contributed by atoms with Crippen LogP contribution in [0.1, 0.15) is 37.7 Å². The lowest BCUT2D eigenvalue weighted by Crippen LogP contribution is -2.57. The van der Waals surface area contributed by atoms with Crippen LogP contribution in [0.2, 0.25) is 0 Å². The third kappa shape index (κ3) is 7.54. The van der Waals surface area contributed by atoms with Gasteiger partial charge < -0.3 is 42.2 Å². The van der Waals surface area contributed by atoms with Crippen molar-refractivity contribution in [3.63, 3.8) is 0 Å². The minimum atomic E-state index is -1.38. The Morgan fingerprint density at radius 2 is 1.79 bits per heavy atom. The molecule has 210 valence electrons. The van der Waals surface area contributed by atoms with Gasteiger partial charge in [0.1, 0.15) is 18.1 Å². The first-order valence-electron chi connectivity index (χ1n) is 12.4. The lowest BCUT2D eigenvalue weighted by molar-refractivity contribution is -0.143. The van der Waals surface area contributed by atoms with E-state index in [-0.39, 0.29) is 25.8 Å². The summed E-state index contributed by atoms with van der Waals surface area (Å²) < 4.78 is 0. The predicted octanol–water partition coefficient (Wildman–Crippen LogP) is -1.18. The monoisotopic (exact) mass is 544 g/mol. The highest BCUT2D eigenvalue weighted by Gasteiger charge is 2.38. The van der Waals surface area contributed by atoms with Crippen LogP contribution < -0.4 is 22.1 Å². The van der Waals surface area contributed by atoms with Gasteiger partial charge in [0.15, 0.2) is 0 Å². The maximum atomic E-state index is 13.1. The van der Waals surface area contributed by atoms with Gasteiger partial charge in [-0.15, -0.1) is 0 Å². The number of nitrogens with one attached hydrogen (secondary N) is 3. The van der Waals surface area contributed by atoms with Crippen LogP contribution in [0.5, 0.6) is 0 Å². The summed E-state index contributed by atoms with van der Waals surface area (Å²) in [5, 5.41) is 24.6. The molecule has 9 N–H and O–H groups in total. The maximum absolute atomic E-state index is 13.1. The highest BCUT2D eigenvalue weighted by molar-refractivity contribution is 5.95. The van der Waals surface area contributed by atoms with E-state index in [9.17, 15) is 33.9 Å². The standard InChI is InChI=1S/C25H32N6O8/c26-15(11-20(27)32)24(37)31-9-3-6-19(31)23(36)29-17(7-8-21(33)34)22(35)30-18(25(38)39)10-13-12-28-16-5-2-1-4-14(13)16/h1-2,4-5,12,15,17-19,28H,3,6-11,26H2,(H2,27,32)(H,29,36)(H,30,35)(H,33,34)(H,38,39). The molecule has 1 aliphatic heterocycles. The van der Waals surface area contributed by atoms with E-state index in [2.05, 4.69) is 15.6 Å². The van der Waals surface area contributed by atoms with Crippen molar-refractivity contribution in [2.75, 3.05) is 6.54 Å². The largest absolute Gasteiger partial charge is 0.481 e. The molecule has 0 radical (unpaired) electrons. The van der Waals surface area contributed by atoms with Gasteiger partial charge in [0.25, 0.3) is 0 Å². The molecule has 1 aromatic carbocycles. The zero-order chi connectivity index (χ0) is 28.7. The molecule has 4 unspecified atom stereocenters. The third-order valence-corrected chi connectivity index (χ3v) is 6.57. The number of carbonyl (C=O) groups excluding carboxylic acids is 4. The quantitative estimate of drug-likeness (QED) is 0.160. The fraction of sp³-hybridized carbons (Fsp3) is 0.440.